The number of allylic oxidation sites excluding steroid dienone is 3. The maximum absolute atomic E-state index is 11.5. The Bertz CT molecular complexity index is 505. The zero-order chi connectivity index (χ0) is 14.2. The zero-order valence-electron chi connectivity index (χ0n) is 12.0. The quantitative estimate of drug-likeness (QED) is 0.657. The Hall–Kier alpha value is -1.87. The zero-order valence-corrected chi connectivity index (χ0v) is 12.0. The van der Waals surface area contributed by atoms with E-state index >= 15 is 0 Å². The van der Waals surface area contributed by atoms with Crippen molar-refractivity contribution in [2.45, 2.75) is 19.9 Å². The van der Waals surface area contributed by atoms with Gasteiger partial charge >= 0.3 is 0 Å². The molecule has 0 bridgehead atoms. The second-order valence-electron chi connectivity index (χ2n) is 4.97. The highest BCUT2D eigenvalue weighted by Gasteiger charge is 2.14. The molecule has 0 fully saturated rings. The van der Waals surface area contributed by atoms with Gasteiger partial charge in [-0.1, -0.05) is 42.5 Å². The fourth-order valence-electron chi connectivity index (χ4n) is 2.40. The van der Waals surface area contributed by atoms with E-state index in [1.807, 2.05) is 19.1 Å². The number of amides is 1. The van der Waals surface area contributed by atoms with Crippen LogP contribution in [0.15, 0.2) is 48.6 Å². The average molecular weight is 270 g/mol. The van der Waals surface area contributed by atoms with Gasteiger partial charge in [0.25, 0.3) is 0 Å². The van der Waals surface area contributed by atoms with Crippen molar-refractivity contribution >= 4 is 5.91 Å². The first-order chi connectivity index (χ1) is 9.79. The summed E-state index contributed by atoms with van der Waals surface area (Å²) in [5.74, 6) is -0.0273. The Morgan fingerprint density at radius 2 is 2.10 bits per heavy atom. The van der Waals surface area contributed by atoms with Crippen molar-refractivity contribution in [1.82, 2.24) is 10.2 Å². The SMILES string of the molecule is C/C=C/C=C/C(=O)NCCN1CCc2ccccc2C1. The van der Waals surface area contributed by atoms with Gasteiger partial charge < -0.3 is 5.32 Å². The second kappa shape index (κ2) is 7.65. The van der Waals surface area contributed by atoms with Crippen LogP contribution in [-0.4, -0.2) is 30.4 Å². The highest BCUT2D eigenvalue weighted by atomic mass is 16.1. The molecule has 0 aliphatic carbocycles. The Morgan fingerprint density at radius 3 is 2.90 bits per heavy atom. The molecule has 3 nitrogen and oxygen atoms in total. The Kier molecular flexibility index (Phi) is 5.56. The van der Waals surface area contributed by atoms with Crippen LogP contribution in [0.3, 0.4) is 0 Å². The van der Waals surface area contributed by atoms with Crippen LogP contribution in [-0.2, 0) is 17.8 Å². The van der Waals surface area contributed by atoms with E-state index < -0.39 is 0 Å². The molecule has 1 aromatic rings. The van der Waals surface area contributed by atoms with Gasteiger partial charge in [-0.05, 0) is 24.5 Å². The van der Waals surface area contributed by atoms with Crippen LogP contribution in [0.5, 0.6) is 0 Å². The molecule has 0 atom stereocenters. The summed E-state index contributed by atoms with van der Waals surface area (Å²) in [6.07, 6.45) is 8.17. The highest BCUT2D eigenvalue weighted by molar-refractivity contribution is 5.87. The van der Waals surface area contributed by atoms with Crippen molar-refractivity contribution in [3.63, 3.8) is 0 Å². The molecule has 2 rings (SSSR count). The molecule has 0 saturated heterocycles. The summed E-state index contributed by atoms with van der Waals surface area (Å²) in [5, 5.41) is 2.91. The number of hydrogen-bond acceptors (Lipinski definition) is 2. The second-order valence-corrected chi connectivity index (χ2v) is 4.97. The first kappa shape index (κ1) is 14.5. The van der Waals surface area contributed by atoms with E-state index in [0.29, 0.717) is 6.54 Å². The molecule has 3 heteroatoms. The monoisotopic (exact) mass is 270 g/mol. The predicted octanol–water partition coefficient (Wildman–Crippen LogP) is 2.29. The van der Waals surface area contributed by atoms with E-state index in [1.165, 1.54) is 11.1 Å². The molecule has 1 aliphatic heterocycles. The van der Waals surface area contributed by atoms with Gasteiger partial charge in [0.2, 0.25) is 5.91 Å². The van der Waals surface area contributed by atoms with Crippen molar-refractivity contribution in [1.29, 1.82) is 0 Å². The summed E-state index contributed by atoms with van der Waals surface area (Å²) in [4.78, 5) is 13.9. The summed E-state index contributed by atoms with van der Waals surface area (Å²) in [6, 6.07) is 8.60. The van der Waals surface area contributed by atoms with Crippen LogP contribution in [0.25, 0.3) is 0 Å². The van der Waals surface area contributed by atoms with Crippen molar-refractivity contribution < 1.29 is 4.79 Å². The lowest BCUT2D eigenvalue weighted by Gasteiger charge is -2.28. The standard InChI is InChI=1S/C17H22N2O/c1-2-3-4-9-17(20)18-11-13-19-12-10-15-7-5-6-8-16(15)14-19/h2-9H,10-14H2,1H3,(H,18,20)/b3-2+,9-4+. The van der Waals surface area contributed by atoms with Crippen LogP contribution in [0.2, 0.25) is 0 Å². The summed E-state index contributed by atoms with van der Waals surface area (Å²) in [7, 11) is 0. The number of benzene rings is 1. The van der Waals surface area contributed by atoms with Crippen molar-refractivity contribution in [2.24, 2.45) is 0 Å². The molecule has 0 radical (unpaired) electrons. The lowest BCUT2D eigenvalue weighted by molar-refractivity contribution is -0.116. The molecule has 0 aromatic heterocycles. The van der Waals surface area contributed by atoms with E-state index in [1.54, 1.807) is 12.2 Å². The minimum atomic E-state index is -0.0273. The van der Waals surface area contributed by atoms with Gasteiger partial charge in [-0.2, -0.15) is 0 Å². The van der Waals surface area contributed by atoms with Gasteiger partial charge in [-0.25, -0.2) is 0 Å². The van der Waals surface area contributed by atoms with Crippen LogP contribution < -0.4 is 5.32 Å². The van der Waals surface area contributed by atoms with Gasteiger partial charge in [0, 0.05) is 32.3 Å². The Morgan fingerprint density at radius 1 is 1.30 bits per heavy atom. The van der Waals surface area contributed by atoms with E-state index in [4.69, 9.17) is 0 Å². The molecule has 1 aliphatic rings. The lowest BCUT2D eigenvalue weighted by Crippen LogP contribution is -2.37. The molecule has 0 saturated carbocycles. The predicted molar refractivity (Wildman–Crippen MR) is 82.4 cm³/mol. The molecule has 1 heterocycles. The van der Waals surface area contributed by atoms with Crippen LogP contribution in [0, 0.1) is 0 Å². The van der Waals surface area contributed by atoms with Crippen LogP contribution in [0.1, 0.15) is 18.1 Å². The molecule has 0 spiro atoms. The van der Waals surface area contributed by atoms with E-state index in [9.17, 15) is 4.79 Å². The minimum Gasteiger partial charge on any atom is -0.351 e. The maximum atomic E-state index is 11.5. The van der Waals surface area contributed by atoms with Gasteiger partial charge in [-0.3, -0.25) is 9.69 Å². The third kappa shape index (κ3) is 4.35. The summed E-state index contributed by atoms with van der Waals surface area (Å²) in [6.45, 7) is 5.58. The summed E-state index contributed by atoms with van der Waals surface area (Å²) in [5.41, 5.74) is 2.88. The molecule has 20 heavy (non-hydrogen) atoms. The van der Waals surface area contributed by atoms with E-state index in [2.05, 4.69) is 34.5 Å². The molecular formula is C17H22N2O. The topological polar surface area (TPSA) is 32.3 Å². The number of nitrogens with zero attached hydrogens (tertiary/aromatic N) is 1. The third-order valence-corrected chi connectivity index (χ3v) is 3.49. The Labute approximate surface area is 121 Å². The number of rotatable bonds is 5. The number of carbonyl (C=O) groups excluding carboxylic acids is 1. The summed E-state index contributed by atoms with van der Waals surface area (Å²) < 4.78 is 0. The lowest BCUT2D eigenvalue weighted by atomic mass is 10.00. The number of fused-ring (bicyclic) bond motifs is 1. The average Bonchev–Trinajstić information content (AvgIpc) is 2.47. The molecule has 0 unspecified atom stereocenters. The number of carbonyl (C=O) groups is 1. The van der Waals surface area contributed by atoms with Gasteiger partial charge in [0.1, 0.15) is 0 Å². The fraction of sp³-hybridized carbons (Fsp3) is 0.353. The first-order valence-corrected chi connectivity index (χ1v) is 7.16. The minimum absolute atomic E-state index is 0.0273. The highest BCUT2D eigenvalue weighted by Crippen LogP contribution is 2.17. The summed E-state index contributed by atoms with van der Waals surface area (Å²) >= 11 is 0. The van der Waals surface area contributed by atoms with Gasteiger partial charge in [0.15, 0.2) is 0 Å². The van der Waals surface area contributed by atoms with Crippen LogP contribution in [0.4, 0.5) is 0 Å². The molecule has 1 aromatic carbocycles. The number of nitrogens with one attached hydrogen (secondary N) is 1. The molecule has 106 valence electrons. The van der Waals surface area contributed by atoms with Gasteiger partial charge in [-0.15, -0.1) is 0 Å². The first-order valence-electron chi connectivity index (χ1n) is 7.16. The fourth-order valence-corrected chi connectivity index (χ4v) is 2.40. The van der Waals surface area contributed by atoms with Crippen molar-refractivity contribution in [3.05, 3.63) is 59.7 Å². The molecule has 1 amide bonds. The van der Waals surface area contributed by atoms with Crippen molar-refractivity contribution in [3.8, 4) is 0 Å². The number of hydrogen-bond donors (Lipinski definition) is 1. The molecule has 1 N–H and O–H groups in total. The molecular weight excluding hydrogens is 248 g/mol. The Balaban J connectivity index is 1.72. The van der Waals surface area contributed by atoms with Crippen LogP contribution >= 0.6 is 0 Å². The van der Waals surface area contributed by atoms with E-state index in [0.717, 1.165) is 26.1 Å². The maximum Gasteiger partial charge on any atom is 0.244 e. The smallest absolute Gasteiger partial charge is 0.244 e. The van der Waals surface area contributed by atoms with E-state index in [-0.39, 0.29) is 5.91 Å². The normalized spacial score (nSPS) is 15.7. The third-order valence-electron chi connectivity index (χ3n) is 3.49. The van der Waals surface area contributed by atoms with Gasteiger partial charge in [0.05, 0.1) is 0 Å². The van der Waals surface area contributed by atoms with Crippen molar-refractivity contribution in [2.75, 3.05) is 19.6 Å². The largest absolute Gasteiger partial charge is 0.351 e.